The number of ether oxygens (including phenoxy) is 2. The summed E-state index contributed by atoms with van der Waals surface area (Å²) in [6.45, 7) is 4.89. The second-order valence-corrected chi connectivity index (χ2v) is 5.64. The summed E-state index contributed by atoms with van der Waals surface area (Å²) in [5.74, 6) is 1.14. The average molecular weight is 297 g/mol. The number of hydrogen-bond acceptors (Lipinski definition) is 4. The lowest BCUT2D eigenvalue weighted by atomic mass is 9.92. The van der Waals surface area contributed by atoms with Gasteiger partial charge in [0.15, 0.2) is 11.5 Å². The molecular formula is C15H21ClN2O2. The molecule has 0 radical (unpaired) electrons. The third-order valence-corrected chi connectivity index (χ3v) is 3.23. The van der Waals surface area contributed by atoms with Crippen LogP contribution < -0.4 is 14.8 Å². The summed E-state index contributed by atoms with van der Waals surface area (Å²) in [5.41, 5.74) is 0.616. The molecule has 0 atom stereocenters. The number of nitriles is 1. The van der Waals surface area contributed by atoms with Gasteiger partial charge in [-0.15, -0.1) is 0 Å². The molecule has 0 spiro atoms. The summed E-state index contributed by atoms with van der Waals surface area (Å²) in [4.78, 5) is 0. The van der Waals surface area contributed by atoms with E-state index in [9.17, 15) is 0 Å². The first-order valence-electron chi connectivity index (χ1n) is 6.48. The van der Waals surface area contributed by atoms with Gasteiger partial charge in [0, 0.05) is 6.54 Å². The van der Waals surface area contributed by atoms with Gasteiger partial charge in [-0.25, -0.2) is 0 Å². The summed E-state index contributed by atoms with van der Waals surface area (Å²) < 4.78 is 11.0. The molecule has 0 aliphatic carbocycles. The monoisotopic (exact) mass is 296 g/mol. The lowest BCUT2D eigenvalue weighted by Crippen LogP contribution is -2.13. The van der Waals surface area contributed by atoms with E-state index in [4.69, 9.17) is 26.3 Å². The van der Waals surface area contributed by atoms with E-state index in [0.717, 1.165) is 5.56 Å². The van der Waals surface area contributed by atoms with Crippen LogP contribution in [0, 0.1) is 16.7 Å². The fourth-order valence-electron chi connectivity index (χ4n) is 1.68. The highest BCUT2D eigenvalue weighted by molar-refractivity contribution is 6.32. The minimum atomic E-state index is -0.411. The maximum absolute atomic E-state index is 8.98. The molecule has 0 aliphatic heterocycles. The van der Waals surface area contributed by atoms with Crippen LogP contribution in [0.3, 0.4) is 0 Å². The van der Waals surface area contributed by atoms with E-state index < -0.39 is 5.41 Å². The van der Waals surface area contributed by atoms with Crippen LogP contribution in [0.4, 0.5) is 0 Å². The van der Waals surface area contributed by atoms with E-state index in [0.29, 0.717) is 36.1 Å². The van der Waals surface area contributed by atoms with Crippen LogP contribution in [-0.4, -0.2) is 20.8 Å². The Hall–Kier alpha value is -1.44. The van der Waals surface area contributed by atoms with Gasteiger partial charge in [0.1, 0.15) is 0 Å². The van der Waals surface area contributed by atoms with Crippen LogP contribution in [-0.2, 0) is 6.54 Å². The van der Waals surface area contributed by atoms with Gasteiger partial charge in [0.2, 0.25) is 0 Å². The van der Waals surface area contributed by atoms with Crippen molar-refractivity contribution in [3.05, 3.63) is 22.7 Å². The van der Waals surface area contributed by atoms with Crippen molar-refractivity contribution in [3.8, 4) is 17.6 Å². The summed E-state index contributed by atoms with van der Waals surface area (Å²) in [6.07, 6.45) is 0.626. The van der Waals surface area contributed by atoms with Crippen molar-refractivity contribution in [1.29, 1.82) is 5.26 Å². The zero-order chi connectivity index (χ0) is 15.2. The Labute approximate surface area is 125 Å². The number of nitrogens with one attached hydrogen (secondary N) is 1. The van der Waals surface area contributed by atoms with Gasteiger partial charge in [-0.3, -0.25) is 0 Å². The lowest BCUT2D eigenvalue weighted by Gasteiger charge is -2.18. The van der Waals surface area contributed by atoms with Crippen LogP contribution >= 0.6 is 11.6 Å². The summed E-state index contributed by atoms with van der Waals surface area (Å²) in [5, 5.41) is 12.6. The first-order valence-corrected chi connectivity index (χ1v) is 6.86. The van der Waals surface area contributed by atoms with Gasteiger partial charge in [0.25, 0.3) is 0 Å². The molecule has 1 aromatic carbocycles. The van der Waals surface area contributed by atoms with E-state index >= 15 is 0 Å². The van der Waals surface area contributed by atoms with E-state index in [1.54, 1.807) is 7.11 Å². The third-order valence-electron chi connectivity index (χ3n) is 2.95. The predicted octanol–water partition coefficient (Wildman–Crippen LogP) is 3.39. The van der Waals surface area contributed by atoms with Crippen LogP contribution in [0.2, 0.25) is 5.02 Å². The normalized spacial score (nSPS) is 11.0. The average Bonchev–Trinajstić information content (AvgIpc) is 2.41. The van der Waals surface area contributed by atoms with Crippen molar-refractivity contribution in [2.75, 3.05) is 20.8 Å². The first kappa shape index (κ1) is 16.6. The van der Waals surface area contributed by atoms with Crippen LogP contribution in [0.1, 0.15) is 25.8 Å². The summed E-state index contributed by atoms with van der Waals surface area (Å²) in [6, 6.07) is 5.99. The zero-order valence-electron chi connectivity index (χ0n) is 12.4. The van der Waals surface area contributed by atoms with Gasteiger partial charge >= 0.3 is 0 Å². The molecule has 4 nitrogen and oxygen atoms in total. The molecule has 5 heteroatoms. The number of halogens is 1. The Bertz CT molecular complexity index is 495. The van der Waals surface area contributed by atoms with Crippen LogP contribution in [0.5, 0.6) is 11.5 Å². The fraction of sp³-hybridized carbons (Fsp3) is 0.533. The Morgan fingerprint density at radius 2 is 2.10 bits per heavy atom. The Kier molecular flexibility index (Phi) is 6.12. The van der Waals surface area contributed by atoms with Gasteiger partial charge < -0.3 is 14.8 Å². The van der Waals surface area contributed by atoms with Crippen molar-refractivity contribution in [2.45, 2.75) is 26.8 Å². The molecule has 0 amide bonds. The third kappa shape index (κ3) is 4.59. The number of methoxy groups -OCH3 is 1. The quantitative estimate of drug-likeness (QED) is 0.838. The standard InChI is InChI=1S/C15H21ClN2O2/c1-15(2,10-17)5-6-20-14-12(16)7-11(9-18-3)8-13(14)19-4/h7-8,18H,5-6,9H2,1-4H3. The molecule has 110 valence electrons. The fourth-order valence-corrected chi connectivity index (χ4v) is 1.97. The molecule has 0 heterocycles. The molecule has 1 rings (SSSR count). The second-order valence-electron chi connectivity index (χ2n) is 5.23. The molecular weight excluding hydrogens is 276 g/mol. The Balaban J connectivity index is 2.82. The predicted molar refractivity (Wildman–Crippen MR) is 80.3 cm³/mol. The molecule has 1 aromatic rings. The number of hydrogen-bond donors (Lipinski definition) is 1. The van der Waals surface area contributed by atoms with Crippen molar-refractivity contribution < 1.29 is 9.47 Å². The minimum absolute atomic E-state index is 0.411. The maximum atomic E-state index is 8.98. The molecule has 0 aliphatic rings. The number of benzene rings is 1. The SMILES string of the molecule is CNCc1cc(Cl)c(OCCC(C)(C)C#N)c(OC)c1. The van der Waals surface area contributed by atoms with E-state index in [1.807, 2.05) is 33.0 Å². The van der Waals surface area contributed by atoms with E-state index in [2.05, 4.69) is 11.4 Å². The topological polar surface area (TPSA) is 54.3 Å². The highest BCUT2D eigenvalue weighted by Crippen LogP contribution is 2.37. The van der Waals surface area contributed by atoms with Crippen LogP contribution in [0.15, 0.2) is 12.1 Å². The number of rotatable bonds is 7. The van der Waals surface area contributed by atoms with E-state index in [1.165, 1.54) is 0 Å². The Morgan fingerprint density at radius 3 is 2.65 bits per heavy atom. The second kappa shape index (κ2) is 7.37. The van der Waals surface area contributed by atoms with Gasteiger partial charge in [-0.2, -0.15) is 5.26 Å². The van der Waals surface area contributed by atoms with Gasteiger partial charge in [-0.1, -0.05) is 11.6 Å². The summed E-state index contributed by atoms with van der Waals surface area (Å²) in [7, 11) is 3.45. The molecule has 0 saturated heterocycles. The largest absolute Gasteiger partial charge is 0.493 e. The van der Waals surface area contributed by atoms with Crippen molar-refractivity contribution >= 4 is 11.6 Å². The highest BCUT2D eigenvalue weighted by atomic mass is 35.5. The molecule has 20 heavy (non-hydrogen) atoms. The summed E-state index contributed by atoms with van der Waals surface area (Å²) >= 11 is 6.24. The van der Waals surface area contributed by atoms with Crippen molar-refractivity contribution in [2.24, 2.45) is 5.41 Å². The van der Waals surface area contributed by atoms with E-state index in [-0.39, 0.29) is 0 Å². The molecule has 0 bridgehead atoms. The maximum Gasteiger partial charge on any atom is 0.179 e. The first-order chi connectivity index (χ1) is 9.43. The van der Waals surface area contributed by atoms with Gasteiger partial charge in [0.05, 0.1) is 30.2 Å². The molecule has 0 saturated carbocycles. The van der Waals surface area contributed by atoms with Crippen LogP contribution in [0.25, 0.3) is 0 Å². The molecule has 0 unspecified atom stereocenters. The Morgan fingerprint density at radius 1 is 1.40 bits per heavy atom. The number of nitrogens with zero attached hydrogens (tertiary/aromatic N) is 1. The van der Waals surface area contributed by atoms with Crippen molar-refractivity contribution in [3.63, 3.8) is 0 Å². The van der Waals surface area contributed by atoms with Crippen molar-refractivity contribution in [1.82, 2.24) is 5.32 Å². The lowest BCUT2D eigenvalue weighted by molar-refractivity contribution is 0.252. The molecule has 1 N–H and O–H groups in total. The minimum Gasteiger partial charge on any atom is -0.493 e. The smallest absolute Gasteiger partial charge is 0.179 e. The zero-order valence-corrected chi connectivity index (χ0v) is 13.2. The highest BCUT2D eigenvalue weighted by Gasteiger charge is 2.18. The molecule has 0 fully saturated rings. The van der Waals surface area contributed by atoms with Gasteiger partial charge in [-0.05, 0) is 45.0 Å². The molecule has 0 aromatic heterocycles.